The number of ether oxygens (including phenoxy) is 2. The normalized spacial score (nSPS) is 10.3. The van der Waals surface area contributed by atoms with Crippen LogP contribution < -0.4 is 14.4 Å². The quantitative estimate of drug-likeness (QED) is 0.843. The van der Waals surface area contributed by atoms with Gasteiger partial charge in [0.1, 0.15) is 11.5 Å². The first-order valence-electron chi connectivity index (χ1n) is 6.11. The summed E-state index contributed by atoms with van der Waals surface area (Å²) in [6, 6.07) is 1.98. The summed E-state index contributed by atoms with van der Waals surface area (Å²) in [4.78, 5) is 2.07. The maximum absolute atomic E-state index is 8.91. The van der Waals surface area contributed by atoms with Crippen molar-refractivity contribution in [1.82, 2.24) is 0 Å². The van der Waals surface area contributed by atoms with Crippen LogP contribution in [0.4, 0.5) is 5.69 Å². The fourth-order valence-corrected chi connectivity index (χ4v) is 2.03. The van der Waals surface area contributed by atoms with Crippen molar-refractivity contribution < 1.29 is 14.6 Å². The van der Waals surface area contributed by atoms with E-state index in [0.29, 0.717) is 0 Å². The predicted octanol–water partition coefficient (Wildman–Crippen LogP) is 2.14. The van der Waals surface area contributed by atoms with Gasteiger partial charge in [-0.3, -0.25) is 0 Å². The zero-order chi connectivity index (χ0) is 13.7. The van der Waals surface area contributed by atoms with Crippen LogP contribution in [0.15, 0.2) is 6.07 Å². The van der Waals surface area contributed by atoms with Crippen molar-refractivity contribution in [2.24, 2.45) is 0 Å². The van der Waals surface area contributed by atoms with E-state index in [1.165, 1.54) is 0 Å². The van der Waals surface area contributed by atoms with Crippen LogP contribution in [0.25, 0.3) is 0 Å². The molecule has 0 saturated carbocycles. The molecular weight excluding hydrogens is 230 g/mol. The lowest BCUT2D eigenvalue weighted by molar-refractivity contribution is 0.290. The number of nitrogens with zero attached hydrogens (tertiary/aromatic N) is 1. The van der Waals surface area contributed by atoms with Crippen molar-refractivity contribution in [3.05, 3.63) is 17.2 Å². The van der Waals surface area contributed by atoms with E-state index in [1.54, 1.807) is 14.2 Å². The van der Waals surface area contributed by atoms with Gasteiger partial charge < -0.3 is 19.5 Å². The molecule has 0 bridgehead atoms. The molecule has 1 aromatic carbocycles. The van der Waals surface area contributed by atoms with E-state index in [9.17, 15) is 0 Å². The van der Waals surface area contributed by atoms with Gasteiger partial charge in [-0.15, -0.1) is 0 Å². The molecule has 0 atom stereocenters. The Kier molecular flexibility index (Phi) is 5.28. The van der Waals surface area contributed by atoms with Crippen molar-refractivity contribution in [2.45, 2.75) is 20.3 Å². The molecule has 4 heteroatoms. The third-order valence-corrected chi connectivity index (χ3v) is 3.26. The second-order valence-corrected chi connectivity index (χ2v) is 4.38. The average molecular weight is 253 g/mol. The summed E-state index contributed by atoms with van der Waals surface area (Å²) < 4.78 is 10.9. The molecule has 1 aromatic rings. The van der Waals surface area contributed by atoms with Crippen LogP contribution in [-0.2, 0) is 0 Å². The Labute approximate surface area is 109 Å². The summed E-state index contributed by atoms with van der Waals surface area (Å²) in [6.07, 6.45) is 0.731. The Morgan fingerprint density at radius 2 is 1.83 bits per heavy atom. The first kappa shape index (κ1) is 14.6. The van der Waals surface area contributed by atoms with Crippen LogP contribution in [0, 0.1) is 13.8 Å². The van der Waals surface area contributed by atoms with Crippen LogP contribution in [0.3, 0.4) is 0 Å². The van der Waals surface area contributed by atoms with Crippen LogP contribution in [0.1, 0.15) is 17.5 Å². The third kappa shape index (κ3) is 2.88. The predicted molar refractivity (Wildman–Crippen MR) is 74.0 cm³/mol. The number of anilines is 1. The SMILES string of the molecule is COc1cc(N(C)CCCO)c(OC)c(C)c1C. The third-order valence-electron chi connectivity index (χ3n) is 3.26. The summed E-state index contributed by atoms with van der Waals surface area (Å²) in [7, 11) is 5.34. The summed E-state index contributed by atoms with van der Waals surface area (Å²) in [5, 5.41) is 8.91. The highest BCUT2D eigenvalue weighted by Gasteiger charge is 2.16. The number of hydrogen-bond donors (Lipinski definition) is 1. The molecule has 0 unspecified atom stereocenters. The molecule has 18 heavy (non-hydrogen) atoms. The maximum atomic E-state index is 8.91. The monoisotopic (exact) mass is 253 g/mol. The fourth-order valence-electron chi connectivity index (χ4n) is 2.03. The average Bonchev–Trinajstić information content (AvgIpc) is 2.38. The lowest BCUT2D eigenvalue weighted by Crippen LogP contribution is -2.20. The number of aliphatic hydroxyl groups is 1. The van der Waals surface area contributed by atoms with E-state index in [-0.39, 0.29) is 6.61 Å². The van der Waals surface area contributed by atoms with E-state index >= 15 is 0 Å². The summed E-state index contributed by atoms with van der Waals surface area (Å²) >= 11 is 0. The van der Waals surface area contributed by atoms with E-state index in [4.69, 9.17) is 14.6 Å². The molecule has 102 valence electrons. The molecule has 0 aliphatic rings. The minimum absolute atomic E-state index is 0.189. The zero-order valence-corrected chi connectivity index (χ0v) is 11.9. The Morgan fingerprint density at radius 1 is 1.17 bits per heavy atom. The van der Waals surface area contributed by atoms with Crippen molar-refractivity contribution >= 4 is 5.69 Å². The van der Waals surface area contributed by atoms with Gasteiger partial charge in [0.15, 0.2) is 0 Å². The number of benzene rings is 1. The largest absolute Gasteiger partial charge is 0.496 e. The molecule has 0 heterocycles. The Hall–Kier alpha value is -1.42. The van der Waals surface area contributed by atoms with E-state index in [0.717, 1.165) is 41.3 Å². The smallest absolute Gasteiger partial charge is 0.145 e. The van der Waals surface area contributed by atoms with Gasteiger partial charge in [-0.2, -0.15) is 0 Å². The Morgan fingerprint density at radius 3 is 2.33 bits per heavy atom. The van der Waals surface area contributed by atoms with Crippen LogP contribution in [0.2, 0.25) is 0 Å². The summed E-state index contributed by atoms with van der Waals surface area (Å²) in [5.41, 5.74) is 3.17. The first-order valence-corrected chi connectivity index (χ1v) is 6.11. The second kappa shape index (κ2) is 6.50. The van der Waals surface area contributed by atoms with Crippen molar-refractivity contribution in [3.63, 3.8) is 0 Å². The van der Waals surface area contributed by atoms with Crippen molar-refractivity contribution in [1.29, 1.82) is 0 Å². The minimum atomic E-state index is 0.189. The van der Waals surface area contributed by atoms with E-state index in [2.05, 4.69) is 4.90 Å². The molecule has 0 aromatic heterocycles. The van der Waals surface area contributed by atoms with Crippen LogP contribution >= 0.6 is 0 Å². The van der Waals surface area contributed by atoms with Crippen molar-refractivity contribution in [3.8, 4) is 11.5 Å². The molecule has 1 rings (SSSR count). The van der Waals surface area contributed by atoms with Gasteiger partial charge in [-0.05, 0) is 31.4 Å². The molecule has 0 spiro atoms. The zero-order valence-electron chi connectivity index (χ0n) is 11.9. The second-order valence-electron chi connectivity index (χ2n) is 4.38. The highest BCUT2D eigenvalue weighted by Crippen LogP contribution is 2.38. The van der Waals surface area contributed by atoms with Crippen LogP contribution in [-0.4, -0.2) is 39.5 Å². The van der Waals surface area contributed by atoms with Gasteiger partial charge in [-0.1, -0.05) is 0 Å². The number of methoxy groups -OCH3 is 2. The van der Waals surface area contributed by atoms with Gasteiger partial charge in [0.05, 0.1) is 19.9 Å². The van der Waals surface area contributed by atoms with Gasteiger partial charge in [0.2, 0.25) is 0 Å². The van der Waals surface area contributed by atoms with Gasteiger partial charge in [-0.25, -0.2) is 0 Å². The summed E-state index contributed by atoms with van der Waals surface area (Å²) in [6.45, 7) is 5.02. The number of aliphatic hydroxyl groups excluding tert-OH is 1. The molecule has 1 N–H and O–H groups in total. The molecular formula is C14H23NO3. The topological polar surface area (TPSA) is 41.9 Å². The van der Waals surface area contributed by atoms with E-state index in [1.807, 2.05) is 27.0 Å². The first-order chi connectivity index (χ1) is 8.56. The minimum Gasteiger partial charge on any atom is -0.496 e. The Balaban J connectivity index is 3.20. The van der Waals surface area contributed by atoms with Crippen LogP contribution in [0.5, 0.6) is 11.5 Å². The highest BCUT2D eigenvalue weighted by molar-refractivity contribution is 5.67. The molecule has 4 nitrogen and oxygen atoms in total. The van der Waals surface area contributed by atoms with Crippen molar-refractivity contribution in [2.75, 3.05) is 39.3 Å². The molecule has 0 amide bonds. The standard InChI is InChI=1S/C14H23NO3/c1-10-11(2)14(18-5)12(9-13(10)17-4)15(3)7-6-8-16/h9,16H,6-8H2,1-5H3. The lowest BCUT2D eigenvalue weighted by atomic mass is 10.1. The highest BCUT2D eigenvalue weighted by atomic mass is 16.5. The maximum Gasteiger partial charge on any atom is 0.145 e. The molecule has 0 aliphatic carbocycles. The molecule has 0 fully saturated rings. The lowest BCUT2D eigenvalue weighted by Gasteiger charge is -2.24. The summed E-state index contributed by atoms with van der Waals surface area (Å²) in [5.74, 6) is 1.73. The number of hydrogen-bond acceptors (Lipinski definition) is 4. The van der Waals surface area contributed by atoms with Gasteiger partial charge in [0.25, 0.3) is 0 Å². The molecule has 0 radical (unpaired) electrons. The van der Waals surface area contributed by atoms with Gasteiger partial charge in [0, 0.05) is 26.3 Å². The fraction of sp³-hybridized carbons (Fsp3) is 0.571. The number of rotatable bonds is 6. The van der Waals surface area contributed by atoms with E-state index < -0.39 is 0 Å². The molecule has 0 aliphatic heterocycles. The molecule has 0 saturated heterocycles. The van der Waals surface area contributed by atoms with Gasteiger partial charge >= 0.3 is 0 Å². The Bertz CT molecular complexity index is 405.